The molecular formula is C21H29ClN4O4. The Morgan fingerprint density at radius 3 is 2.67 bits per heavy atom. The molecule has 0 bridgehead atoms. The van der Waals surface area contributed by atoms with E-state index in [-0.39, 0.29) is 37.1 Å². The minimum Gasteiger partial charge on any atom is -0.465 e. The Kier molecular flexibility index (Phi) is 8.68. The van der Waals surface area contributed by atoms with Gasteiger partial charge in [0.05, 0.1) is 18.5 Å². The van der Waals surface area contributed by atoms with Crippen LogP contribution in [0.15, 0.2) is 30.3 Å². The standard InChI is InChI=1S/C21H28N4O4.ClH/c1-15-19(20(26)28-3)16(2)25(23-15)11-9-18-13-24(12-10-22-18)21(27)29-14-17-7-5-4-6-8-17;/h4-8,18,22H,9-14H2,1-3H3;1H/t18-;/m1./s1. The summed E-state index contributed by atoms with van der Waals surface area (Å²) in [6, 6.07) is 9.79. The summed E-state index contributed by atoms with van der Waals surface area (Å²) in [5.74, 6) is -0.366. The van der Waals surface area contributed by atoms with Crippen molar-refractivity contribution in [2.45, 2.75) is 39.5 Å². The van der Waals surface area contributed by atoms with Crippen molar-refractivity contribution in [3.05, 3.63) is 52.8 Å². The van der Waals surface area contributed by atoms with Gasteiger partial charge in [-0.2, -0.15) is 5.10 Å². The maximum atomic E-state index is 12.4. The van der Waals surface area contributed by atoms with E-state index < -0.39 is 0 Å². The van der Waals surface area contributed by atoms with Crippen molar-refractivity contribution in [3.8, 4) is 0 Å². The molecule has 1 saturated heterocycles. The fourth-order valence-electron chi connectivity index (χ4n) is 3.59. The number of aryl methyl sites for hydroxylation is 2. The van der Waals surface area contributed by atoms with Gasteiger partial charge in [-0.05, 0) is 25.8 Å². The minimum atomic E-state index is -0.366. The van der Waals surface area contributed by atoms with E-state index in [1.807, 2.05) is 41.9 Å². The first-order valence-electron chi connectivity index (χ1n) is 9.81. The molecule has 9 heteroatoms. The molecule has 0 aliphatic carbocycles. The van der Waals surface area contributed by atoms with Gasteiger partial charge in [0.1, 0.15) is 12.2 Å². The monoisotopic (exact) mass is 436 g/mol. The van der Waals surface area contributed by atoms with E-state index in [4.69, 9.17) is 9.47 Å². The van der Waals surface area contributed by atoms with Crippen LogP contribution in [-0.4, -0.2) is 59.5 Å². The van der Waals surface area contributed by atoms with Crippen molar-refractivity contribution in [2.24, 2.45) is 0 Å². The molecule has 0 radical (unpaired) electrons. The largest absolute Gasteiger partial charge is 0.465 e. The summed E-state index contributed by atoms with van der Waals surface area (Å²) in [4.78, 5) is 26.1. The first-order chi connectivity index (χ1) is 14.0. The lowest BCUT2D eigenvalue weighted by Crippen LogP contribution is -2.53. The van der Waals surface area contributed by atoms with E-state index in [2.05, 4.69) is 10.4 Å². The average molecular weight is 437 g/mol. The van der Waals surface area contributed by atoms with Crippen LogP contribution in [0.1, 0.15) is 33.7 Å². The molecule has 2 heterocycles. The zero-order valence-corrected chi connectivity index (χ0v) is 18.4. The Labute approximate surface area is 182 Å². The molecule has 1 aliphatic rings. The molecule has 1 aromatic heterocycles. The summed E-state index contributed by atoms with van der Waals surface area (Å²) in [6.07, 6.45) is 0.491. The molecule has 8 nitrogen and oxygen atoms in total. The van der Waals surface area contributed by atoms with Crippen LogP contribution in [0, 0.1) is 13.8 Å². The molecule has 164 valence electrons. The van der Waals surface area contributed by atoms with Crippen molar-refractivity contribution in [2.75, 3.05) is 26.7 Å². The van der Waals surface area contributed by atoms with Crippen molar-refractivity contribution in [1.29, 1.82) is 0 Å². The van der Waals surface area contributed by atoms with E-state index in [0.717, 1.165) is 24.2 Å². The molecule has 0 saturated carbocycles. The number of piperazine rings is 1. The molecule has 1 fully saturated rings. The van der Waals surface area contributed by atoms with Gasteiger partial charge in [-0.25, -0.2) is 9.59 Å². The van der Waals surface area contributed by atoms with Gasteiger partial charge in [-0.15, -0.1) is 12.4 Å². The second-order valence-electron chi connectivity index (χ2n) is 7.19. The highest BCUT2D eigenvalue weighted by atomic mass is 35.5. The number of methoxy groups -OCH3 is 1. The number of hydrogen-bond donors (Lipinski definition) is 1. The van der Waals surface area contributed by atoms with E-state index in [9.17, 15) is 9.59 Å². The topological polar surface area (TPSA) is 85.7 Å². The Balaban J connectivity index is 0.00000320. The maximum Gasteiger partial charge on any atom is 0.410 e. The Morgan fingerprint density at radius 1 is 1.23 bits per heavy atom. The molecule has 1 atom stereocenters. The minimum absolute atomic E-state index is 0. The molecule has 1 N–H and O–H groups in total. The predicted molar refractivity (Wildman–Crippen MR) is 115 cm³/mol. The molecule has 3 rings (SSSR count). The molecule has 1 aliphatic heterocycles. The molecule has 1 amide bonds. The fraction of sp³-hybridized carbons (Fsp3) is 0.476. The predicted octanol–water partition coefficient (Wildman–Crippen LogP) is 2.71. The van der Waals surface area contributed by atoms with E-state index in [0.29, 0.717) is 30.9 Å². The number of ether oxygens (including phenoxy) is 2. The lowest BCUT2D eigenvalue weighted by molar-refractivity contribution is 0.0598. The van der Waals surface area contributed by atoms with Crippen LogP contribution >= 0.6 is 12.4 Å². The van der Waals surface area contributed by atoms with Crippen LogP contribution in [0.2, 0.25) is 0 Å². The molecular weight excluding hydrogens is 408 g/mol. The van der Waals surface area contributed by atoms with Crippen LogP contribution in [0.4, 0.5) is 4.79 Å². The number of amides is 1. The number of nitrogens with zero attached hydrogens (tertiary/aromatic N) is 3. The average Bonchev–Trinajstić information content (AvgIpc) is 3.04. The Hall–Kier alpha value is -2.58. The first kappa shape index (κ1) is 23.7. The smallest absolute Gasteiger partial charge is 0.410 e. The zero-order chi connectivity index (χ0) is 20.8. The molecule has 0 spiro atoms. The van der Waals surface area contributed by atoms with Gasteiger partial charge in [-0.1, -0.05) is 30.3 Å². The number of esters is 1. The van der Waals surface area contributed by atoms with Crippen molar-refractivity contribution in [1.82, 2.24) is 20.0 Å². The molecule has 2 aromatic rings. The summed E-state index contributed by atoms with van der Waals surface area (Å²) >= 11 is 0. The number of halogens is 1. The van der Waals surface area contributed by atoms with Gasteiger partial charge >= 0.3 is 12.1 Å². The van der Waals surface area contributed by atoms with Crippen LogP contribution < -0.4 is 5.32 Å². The van der Waals surface area contributed by atoms with E-state index in [1.54, 1.807) is 11.8 Å². The van der Waals surface area contributed by atoms with Crippen LogP contribution in [-0.2, 0) is 22.6 Å². The normalized spacial score (nSPS) is 16.0. The molecule has 1 aromatic carbocycles. The maximum absolute atomic E-state index is 12.4. The number of carbonyl (C=O) groups excluding carboxylic acids is 2. The first-order valence-corrected chi connectivity index (χ1v) is 9.81. The van der Waals surface area contributed by atoms with Crippen LogP contribution in [0.3, 0.4) is 0 Å². The molecule has 30 heavy (non-hydrogen) atoms. The van der Waals surface area contributed by atoms with Gasteiger partial charge in [0.15, 0.2) is 0 Å². The number of rotatable bonds is 6. The number of carbonyl (C=O) groups is 2. The summed E-state index contributed by atoms with van der Waals surface area (Å²) in [5, 5.41) is 7.90. The van der Waals surface area contributed by atoms with Crippen LogP contribution in [0.5, 0.6) is 0 Å². The number of hydrogen-bond acceptors (Lipinski definition) is 6. The van der Waals surface area contributed by atoms with Gasteiger partial charge in [-0.3, -0.25) is 4.68 Å². The quantitative estimate of drug-likeness (QED) is 0.701. The van der Waals surface area contributed by atoms with Gasteiger partial charge in [0, 0.05) is 32.2 Å². The highest BCUT2D eigenvalue weighted by Crippen LogP contribution is 2.16. The number of benzene rings is 1. The summed E-state index contributed by atoms with van der Waals surface area (Å²) < 4.78 is 12.1. The lowest BCUT2D eigenvalue weighted by Gasteiger charge is -2.33. The number of nitrogens with one attached hydrogen (secondary N) is 1. The summed E-state index contributed by atoms with van der Waals surface area (Å²) in [7, 11) is 1.37. The third-order valence-electron chi connectivity index (χ3n) is 5.18. The van der Waals surface area contributed by atoms with Crippen LogP contribution in [0.25, 0.3) is 0 Å². The van der Waals surface area contributed by atoms with Gasteiger partial charge in [0.2, 0.25) is 0 Å². The highest BCUT2D eigenvalue weighted by Gasteiger charge is 2.25. The summed E-state index contributed by atoms with van der Waals surface area (Å²) in [6.45, 7) is 6.51. The van der Waals surface area contributed by atoms with Gasteiger partial charge in [0.25, 0.3) is 0 Å². The fourth-order valence-corrected chi connectivity index (χ4v) is 3.59. The summed E-state index contributed by atoms with van der Waals surface area (Å²) in [5.41, 5.74) is 2.95. The Bertz CT molecular complexity index is 856. The molecule has 0 unspecified atom stereocenters. The van der Waals surface area contributed by atoms with Crippen molar-refractivity contribution >= 4 is 24.5 Å². The highest BCUT2D eigenvalue weighted by molar-refractivity contribution is 5.91. The third kappa shape index (κ3) is 5.73. The Morgan fingerprint density at radius 2 is 1.97 bits per heavy atom. The zero-order valence-electron chi connectivity index (χ0n) is 17.6. The SMILES string of the molecule is COC(=O)c1c(C)nn(CC[C@@H]2CN(C(=O)OCc3ccccc3)CCN2)c1C.Cl. The van der Waals surface area contributed by atoms with E-state index >= 15 is 0 Å². The van der Waals surface area contributed by atoms with E-state index in [1.165, 1.54) is 7.11 Å². The third-order valence-corrected chi connectivity index (χ3v) is 5.18. The lowest BCUT2D eigenvalue weighted by atomic mass is 10.1. The van der Waals surface area contributed by atoms with Crippen molar-refractivity contribution in [3.63, 3.8) is 0 Å². The number of aromatic nitrogens is 2. The second-order valence-corrected chi connectivity index (χ2v) is 7.19. The van der Waals surface area contributed by atoms with Crippen molar-refractivity contribution < 1.29 is 19.1 Å². The second kappa shape index (κ2) is 11.0. The van der Waals surface area contributed by atoms with Gasteiger partial charge < -0.3 is 19.7 Å².